The third kappa shape index (κ3) is 4.10. The number of carbonyl (C=O) groups is 1. The topological polar surface area (TPSA) is 67.4 Å². The van der Waals surface area contributed by atoms with E-state index in [9.17, 15) is 4.79 Å². The molecule has 1 aromatic carbocycles. The van der Waals surface area contributed by atoms with E-state index in [1.807, 2.05) is 13.8 Å². The Balaban J connectivity index is 2.10. The van der Waals surface area contributed by atoms with Gasteiger partial charge >= 0.3 is 0 Å². The summed E-state index contributed by atoms with van der Waals surface area (Å²) in [4.78, 5) is 14.3. The van der Waals surface area contributed by atoms with Crippen LogP contribution in [0, 0.1) is 0 Å². The van der Waals surface area contributed by atoms with Crippen molar-refractivity contribution in [1.29, 1.82) is 0 Å². The molecule has 1 amide bonds. The lowest BCUT2D eigenvalue weighted by Gasteiger charge is -2.18. The number of nitrogens with one attached hydrogen (secondary N) is 1. The number of anilines is 2. The van der Waals surface area contributed by atoms with Crippen LogP contribution in [0.4, 0.5) is 11.5 Å². The van der Waals surface area contributed by atoms with Crippen LogP contribution in [-0.4, -0.2) is 36.3 Å². The average Bonchev–Trinajstić information content (AvgIpc) is 2.57. The van der Waals surface area contributed by atoms with E-state index in [0.717, 1.165) is 18.9 Å². The lowest BCUT2D eigenvalue weighted by atomic mass is 10.3. The molecular weight excluding hydrogens is 316 g/mol. The van der Waals surface area contributed by atoms with Gasteiger partial charge in [-0.25, -0.2) is 0 Å². The second-order valence-corrected chi connectivity index (χ2v) is 5.16. The van der Waals surface area contributed by atoms with Crippen LogP contribution in [0.3, 0.4) is 0 Å². The molecule has 0 atom stereocenters. The van der Waals surface area contributed by atoms with Crippen LogP contribution < -0.4 is 15.0 Å². The molecule has 23 heavy (non-hydrogen) atoms. The molecule has 0 fully saturated rings. The molecule has 122 valence electrons. The van der Waals surface area contributed by atoms with Gasteiger partial charge in [0, 0.05) is 18.8 Å². The predicted molar refractivity (Wildman–Crippen MR) is 91.6 cm³/mol. The maximum atomic E-state index is 12.2. The standard InChI is InChI=1S/C16H19ClN4O2/c1-4-21(5-2)15-9-7-13(19-20-15)16(22)18-11-6-8-14(23-3)12(17)10-11/h6-10H,4-5H2,1-3H3,(H,18,22). The van der Waals surface area contributed by atoms with E-state index >= 15 is 0 Å². The number of methoxy groups -OCH3 is 1. The van der Waals surface area contributed by atoms with Gasteiger partial charge in [0.2, 0.25) is 0 Å². The molecule has 0 saturated heterocycles. The summed E-state index contributed by atoms with van der Waals surface area (Å²) < 4.78 is 5.07. The first kappa shape index (κ1) is 17.0. The SMILES string of the molecule is CCN(CC)c1ccc(C(=O)Nc2ccc(OC)c(Cl)c2)nn1. The number of halogens is 1. The Kier molecular flexibility index (Phi) is 5.76. The van der Waals surface area contributed by atoms with Crippen molar-refractivity contribution in [2.24, 2.45) is 0 Å². The van der Waals surface area contributed by atoms with E-state index in [1.54, 1.807) is 30.3 Å². The number of hydrogen-bond donors (Lipinski definition) is 1. The van der Waals surface area contributed by atoms with Crippen molar-refractivity contribution >= 4 is 29.0 Å². The maximum absolute atomic E-state index is 12.2. The van der Waals surface area contributed by atoms with Crippen molar-refractivity contribution in [1.82, 2.24) is 10.2 Å². The second-order valence-electron chi connectivity index (χ2n) is 4.75. The molecule has 0 aliphatic rings. The van der Waals surface area contributed by atoms with E-state index in [2.05, 4.69) is 20.4 Å². The largest absolute Gasteiger partial charge is 0.495 e. The van der Waals surface area contributed by atoms with Crippen LogP contribution in [0.25, 0.3) is 0 Å². The molecule has 1 heterocycles. The van der Waals surface area contributed by atoms with Gasteiger partial charge in [0.25, 0.3) is 5.91 Å². The Morgan fingerprint density at radius 3 is 2.48 bits per heavy atom. The number of aromatic nitrogens is 2. The number of ether oxygens (including phenoxy) is 1. The summed E-state index contributed by atoms with van der Waals surface area (Å²) in [5.41, 5.74) is 0.809. The van der Waals surface area contributed by atoms with Crippen molar-refractivity contribution in [2.75, 3.05) is 30.4 Å². The minimum absolute atomic E-state index is 0.243. The van der Waals surface area contributed by atoms with Crippen molar-refractivity contribution in [3.8, 4) is 5.75 Å². The molecule has 0 bridgehead atoms. The van der Waals surface area contributed by atoms with E-state index < -0.39 is 0 Å². The normalized spacial score (nSPS) is 10.3. The third-order valence-corrected chi connectivity index (χ3v) is 3.68. The fraction of sp³-hybridized carbons (Fsp3) is 0.312. The van der Waals surface area contributed by atoms with Gasteiger partial charge < -0.3 is 15.0 Å². The molecular formula is C16H19ClN4O2. The third-order valence-electron chi connectivity index (χ3n) is 3.38. The van der Waals surface area contributed by atoms with Gasteiger partial charge in [-0.2, -0.15) is 0 Å². The van der Waals surface area contributed by atoms with Gasteiger partial charge in [-0.15, -0.1) is 10.2 Å². The van der Waals surface area contributed by atoms with E-state index in [1.165, 1.54) is 7.11 Å². The highest BCUT2D eigenvalue weighted by Gasteiger charge is 2.11. The van der Waals surface area contributed by atoms with E-state index in [4.69, 9.17) is 16.3 Å². The number of benzene rings is 1. The minimum Gasteiger partial charge on any atom is -0.495 e. The second kappa shape index (κ2) is 7.78. The van der Waals surface area contributed by atoms with Gasteiger partial charge in [0.1, 0.15) is 5.75 Å². The summed E-state index contributed by atoms with van der Waals surface area (Å²) in [6, 6.07) is 8.46. The van der Waals surface area contributed by atoms with Crippen molar-refractivity contribution in [3.05, 3.63) is 41.0 Å². The van der Waals surface area contributed by atoms with Crippen molar-refractivity contribution in [2.45, 2.75) is 13.8 Å². The molecule has 0 unspecified atom stereocenters. The van der Waals surface area contributed by atoms with Gasteiger partial charge in [0.15, 0.2) is 11.5 Å². The Bertz CT molecular complexity index is 672. The zero-order valence-corrected chi connectivity index (χ0v) is 14.1. The number of rotatable bonds is 6. The first-order valence-electron chi connectivity index (χ1n) is 7.32. The molecule has 6 nitrogen and oxygen atoms in total. The van der Waals surface area contributed by atoms with Gasteiger partial charge in [-0.3, -0.25) is 4.79 Å². The quantitative estimate of drug-likeness (QED) is 0.878. The predicted octanol–water partition coefficient (Wildman–Crippen LogP) is 3.24. The molecule has 2 rings (SSSR count). The Labute approximate surface area is 140 Å². The molecule has 0 spiro atoms. The van der Waals surface area contributed by atoms with Crippen molar-refractivity contribution < 1.29 is 9.53 Å². The fourth-order valence-corrected chi connectivity index (χ4v) is 2.36. The number of amides is 1. The lowest BCUT2D eigenvalue weighted by Crippen LogP contribution is -2.24. The Hall–Kier alpha value is -2.34. The maximum Gasteiger partial charge on any atom is 0.276 e. The smallest absolute Gasteiger partial charge is 0.276 e. The summed E-state index contributed by atoms with van der Waals surface area (Å²) in [7, 11) is 1.53. The van der Waals surface area contributed by atoms with Crippen LogP contribution in [0.5, 0.6) is 5.75 Å². The first-order chi connectivity index (χ1) is 11.1. The summed E-state index contributed by atoms with van der Waals surface area (Å²) >= 11 is 6.04. The molecule has 0 aliphatic carbocycles. The zero-order valence-electron chi connectivity index (χ0n) is 13.3. The summed E-state index contributed by atoms with van der Waals surface area (Å²) in [5.74, 6) is 0.955. The molecule has 7 heteroatoms. The molecule has 0 saturated carbocycles. The molecule has 1 N–H and O–H groups in total. The van der Waals surface area contributed by atoms with E-state index in [0.29, 0.717) is 16.5 Å². The summed E-state index contributed by atoms with van der Waals surface area (Å²) in [6.45, 7) is 5.75. The Morgan fingerprint density at radius 1 is 1.22 bits per heavy atom. The molecule has 0 aliphatic heterocycles. The highest BCUT2D eigenvalue weighted by atomic mass is 35.5. The van der Waals surface area contributed by atoms with Gasteiger partial charge in [-0.1, -0.05) is 11.6 Å². The zero-order chi connectivity index (χ0) is 16.8. The van der Waals surface area contributed by atoms with Gasteiger partial charge in [0.05, 0.1) is 12.1 Å². The molecule has 2 aromatic rings. The molecule has 1 aromatic heterocycles. The monoisotopic (exact) mass is 334 g/mol. The highest BCUT2D eigenvalue weighted by molar-refractivity contribution is 6.32. The number of nitrogens with zero attached hydrogens (tertiary/aromatic N) is 3. The summed E-state index contributed by atoms with van der Waals surface area (Å²) in [5, 5.41) is 11.2. The first-order valence-corrected chi connectivity index (χ1v) is 7.70. The van der Waals surface area contributed by atoms with Crippen molar-refractivity contribution in [3.63, 3.8) is 0 Å². The molecule has 0 radical (unpaired) electrons. The lowest BCUT2D eigenvalue weighted by molar-refractivity contribution is 0.102. The average molecular weight is 335 g/mol. The number of hydrogen-bond acceptors (Lipinski definition) is 5. The van der Waals surface area contributed by atoms with Crippen LogP contribution >= 0.6 is 11.6 Å². The van der Waals surface area contributed by atoms with Crippen LogP contribution in [0.15, 0.2) is 30.3 Å². The van der Waals surface area contributed by atoms with E-state index in [-0.39, 0.29) is 11.6 Å². The number of carbonyl (C=O) groups excluding carboxylic acids is 1. The van der Waals surface area contributed by atoms with Crippen LogP contribution in [0.1, 0.15) is 24.3 Å². The van der Waals surface area contributed by atoms with Crippen LogP contribution in [0.2, 0.25) is 5.02 Å². The van der Waals surface area contributed by atoms with Gasteiger partial charge in [-0.05, 0) is 44.2 Å². The highest BCUT2D eigenvalue weighted by Crippen LogP contribution is 2.27. The fourth-order valence-electron chi connectivity index (χ4n) is 2.10. The van der Waals surface area contributed by atoms with Crippen LogP contribution in [-0.2, 0) is 0 Å². The minimum atomic E-state index is -0.343. The Morgan fingerprint density at radius 2 is 1.96 bits per heavy atom. The summed E-state index contributed by atoms with van der Waals surface area (Å²) in [6.07, 6.45) is 0.